The lowest BCUT2D eigenvalue weighted by molar-refractivity contribution is 1.01. The highest BCUT2D eigenvalue weighted by Crippen LogP contribution is 2.15. The molecule has 16 heavy (non-hydrogen) atoms. The first kappa shape index (κ1) is 9.34. The fraction of sp³-hybridized carbons (Fsp3) is 0.133. The molecule has 0 fully saturated rings. The lowest BCUT2D eigenvalue weighted by Gasteiger charge is -2.10. The van der Waals surface area contributed by atoms with Crippen LogP contribution in [0.2, 0.25) is 0 Å². The zero-order valence-electron chi connectivity index (χ0n) is 9.06. The van der Waals surface area contributed by atoms with Crippen LogP contribution < -0.4 is 10.4 Å². The van der Waals surface area contributed by atoms with E-state index in [2.05, 4.69) is 47.5 Å². The molecule has 3 rings (SSSR count). The fourth-order valence-corrected chi connectivity index (χ4v) is 2.07. The van der Waals surface area contributed by atoms with Crippen molar-refractivity contribution in [2.45, 2.75) is 12.8 Å². The number of rotatable bonds is 0. The molecule has 0 unspecified atom stereocenters. The minimum atomic E-state index is 1.10. The van der Waals surface area contributed by atoms with Gasteiger partial charge in [0, 0.05) is 6.20 Å². The second-order valence-corrected chi connectivity index (χ2v) is 4.07. The van der Waals surface area contributed by atoms with Crippen LogP contribution in [0.25, 0.3) is 12.3 Å². The molecule has 0 N–H and O–H groups in total. The van der Waals surface area contributed by atoms with E-state index in [0.29, 0.717) is 0 Å². The van der Waals surface area contributed by atoms with Crippen LogP contribution >= 0.6 is 0 Å². The van der Waals surface area contributed by atoms with Crippen molar-refractivity contribution in [1.29, 1.82) is 0 Å². The molecule has 1 aromatic rings. The SMILES string of the molecule is C1=CC2=N/C=c3/cccc/c3=C/C=C\2CC1. The summed E-state index contributed by atoms with van der Waals surface area (Å²) in [6.45, 7) is 0. The van der Waals surface area contributed by atoms with Gasteiger partial charge in [0.25, 0.3) is 0 Å². The van der Waals surface area contributed by atoms with Gasteiger partial charge >= 0.3 is 0 Å². The molecule has 0 saturated heterocycles. The van der Waals surface area contributed by atoms with Crippen molar-refractivity contribution >= 4 is 18.0 Å². The van der Waals surface area contributed by atoms with Crippen molar-refractivity contribution < 1.29 is 0 Å². The predicted molar refractivity (Wildman–Crippen MR) is 68.5 cm³/mol. The second kappa shape index (κ2) is 3.93. The first-order valence-electron chi connectivity index (χ1n) is 5.64. The number of allylic oxidation sites excluding steroid dienone is 4. The number of hydrogen-bond donors (Lipinski definition) is 0. The van der Waals surface area contributed by atoms with Crippen LogP contribution in [0.15, 0.2) is 53.1 Å². The zero-order chi connectivity index (χ0) is 10.8. The normalized spacial score (nSPS) is 28.5. The molecular weight excluding hydrogens is 194 g/mol. The summed E-state index contributed by atoms with van der Waals surface area (Å²) in [4.78, 5) is 4.56. The third kappa shape index (κ3) is 1.65. The van der Waals surface area contributed by atoms with Crippen LogP contribution in [0.3, 0.4) is 0 Å². The Morgan fingerprint density at radius 1 is 1.00 bits per heavy atom. The van der Waals surface area contributed by atoms with Crippen LogP contribution in [-0.2, 0) is 0 Å². The summed E-state index contributed by atoms with van der Waals surface area (Å²) >= 11 is 0. The summed E-state index contributed by atoms with van der Waals surface area (Å²) in [6.07, 6.45) is 12.9. The maximum Gasteiger partial charge on any atom is 0.0658 e. The average molecular weight is 207 g/mol. The fourth-order valence-electron chi connectivity index (χ4n) is 2.07. The maximum absolute atomic E-state index is 4.56. The molecule has 1 aromatic carbocycles. The summed E-state index contributed by atoms with van der Waals surface area (Å²) in [5.41, 5.74) is 2.45. The van der Waals surface area contributed by atoms with E-state index in [9.17, 15) is 0 Å². The molecule has 0 aromatic heterocycles. The summed E-state index contributed by atoms with van der Waals surface area (Å²) < 4.78 is 0. The average Bonchev–Trinajstić information content (AvgIpc) is 2.32. The minimum absolute atomic E-state index is 1.10. The maximum atomic E-state index is 4.56. The van der Waals surface area contributed by atoms with E-state index in [0.717, 1.165) is 18.6 Å². The van der Waals surface area contributed by atoms with E-state index < -0.39 is 0 Å². The first-order valence-corrected chi connectivity index (χ1v) is 5.64. The summed E-state index contributed by atoms with van der Waals surface area (Å²) in [7, 11) is 0. The van der Waals surface area contributed by atoms with Crippen molar-refractivity contribution in [2.75, 3.05) is 0 Å². The monoisotopic (exact) mass is 207 g/mol. The van der Waals surface area contributed by atoms with Crippen LogP contribution in [0.1, 0.15) is 12.8 Å². The first-order chi connectivity index (χ1) is 7.93. The Labute approximate surface area is 94.8 Å². The molecule has 0 spiro atoms. The third-order valence-electron chi connectivity index (χ3n) is 2.99. The van der Waals surface area contributed by atoms with Gasteiger partial charge in [0.1, 0.15) is 0 Å². The largest absolute Gasteiger partial charge is 0.256 e. The molecule has 0 atom stereocenters. The Kier molecular flexibility index (Phi) is 2.30. The van der Waals surface area contributed by atoms with Crippen molar-refractivity contribution in [3.8, 4) is 0 Å². The van der Waals surface area contributed by atoms with Gasteiger partial charge in [-0.1, -0.05) is 42.5 Å². The molecule has 0 radical (unpaired) electrons. The number of hydrogen-bond acceptors (Lipinski definition) is 1. The second-order valence-electron chi connectivity index (χ2n) is 4.07. The molecule has 78 valence electrons. The van der Waals surface area contributed by atoms with Gasteiger partial charge in [-0.3, -0.25) is 4.99 Å². The van der Waals surface area contributed by atoms with E-state index in [4.69, 9.17) is 0 Å². The van der Waals surface area contributed by atoms with Gasteiger partial charge in [0.2, 0.25) is 0 Å². The standard InChI is InChI=1S/C15H13N/c1-2-7-14-11-16-15-8-4-3-6-13(15)10-9-12(14)5-1/h1-2,4-5,7-11H,3,6H2/b10-9?,12-9-,13-10-,14-11-,16-11?,16-15-. The molecular formula is C15H13N. The lowest BCUT2D eigenvalue weighted by Crippen LogP contribution is -2.24. The van der Waals surface area contributed by atoms with Crippen molar-refractivity contribution in [3.63, 3.8) is 0 Å². The number of aliphatic imine (C=N–C) groups is 1. The van der Waals surface area contributed by atoms with Gasteiger partial charge < -0.3 is 0 Å². The predicted octanol–water partition coefficient (Wildman–Crippen LogP) is 1.94. The van der Waals surface area contributed by atoms with Gasteiger partial charge in [-0.2, -0.15) is 0 Å². The highest BCUT2D eigenvalue weighted by Gasteiger charge is 2.07. The zero-order valence-corrected chi connectivity index (χ0v) is 9.06. The van der Waals surface area contributed by atoms with Gasteiger partial charge in [0.05, 0.1) is 5.71 Å². The molecule has 0 bridgehead atoms. The van der Waals surface area contributed by atoms with E-state index >= 15 is 0 Å². The van der Waals surface area contributed by atoms with Gasteiger partial charge in [0.15, 0.2) is 0 Å². The van der Waals surface area contributed by atoms with Crippen molar-refractivity contribution in [3.05, 3.63) is 58.5 Å². The molecule has 1 heterocycles. The molecule has 1 heteroatoms. The minimum Gasteiger partial charge on any atom is -0.256 e. The quantitative estimate of drug-likeness (QED) is 0.616. The van der Waals surface area contributed by atoms with E-state index in [1.165, 1.54) is 16.0 Å². The van der Waals surface area contributed by atoms with Gasteiger partial charge in [-0.25, -0.2) is 0 Å². The highest BCUT2D eigenvalue weighted by atomic mass is 14.7. The van der Waals surface area contributed by atoms with Gasteiger partial charge in [-0.15, -0.1) is 0 Å². The topological polar surface area (TPSA) is 12.4 Å². The smallest absolute Gasteiger partial charge is 0.0658 e. The molecule has 2 aliphatic rings. The summed E-state index contributed by atoms with van der Waals surface area (Å²) in [5, 5.41) is 2.43. The molecule has 1 aliphatic heterocycles. The lowest BCUT2D eigenvalue weighted by atomic mass is 9.98. The highest BCUT2D eigenvalue weighted by molar-refractivity contribution is 6.10. The van der Waals surface area contributed by atoms with E-state index in [-0.39, 0.29) is 0 Å². The Morgan fingerprint density at radius 2 is 1.88 bits per heavy atom. The number of fused-ring (bicyclic) bond motifs is 2. The Balaban J connectivity index is 2.26. The van der Waals surface area contributed by atoms with Crippen LogP contribution in [0.4, 0.5) is 0 Å². The van der Waals surface area contributed by atoms with Gasteiger partial charge in [-0.05, 0) is 34.9 Å². The third-order valence-corrected chi connectivity index (χ3v) is 2.99. The van der Waals surface area contributed by atoms with Crippen molar-refractivity contribution in [2.24, 2.45) is 4.99 Å². The van der Waals surface area contributed by atoms with Crippen LogP contribution in [-0.4, -0.2) is 5.71 Å². The summed E-state index contributed by atoms with van der Waals surface area (Å²) in [5.74, 6) is 0. The molecule has 0 saturated carbocycles. The Bertz CT molecular complexity index is 615. The molecule has 1 aliphatic carbocycles. The summed E-state index contributed by atoms with van der Waals surface area (Å²) in [6, 6.07) is 8.34. The number of nitrogens with zero attached hydrogens (tertiary/aromatic N) is 1. The Hall–Kier alpha value is -1.89. The van der Waals surface area contributed by atoms with Crippen molar-refractivity contribution in [1.82, 2.24) is 0 Å². The van der Waals surface area contributed by atoms with Crippen LogP contribution in [0, 0.1) is 0 Å². The van der Waals surface area contributed by atoms with Crippen LogP contribution in [0.5, 0.6) is 0 Å². The molecule has 0 amide bonds. The number of benzene rings is 1. The van der Waals surface area contributed by atoms with E-state index in [1.54, 1.807) is 0 Å². The Morgan fingerprint density at radius 3 is 2.81 bits per heavy atom. The van der Waals surface area contributed by atoms with E-state index in [1.807, 2.05) is 12.3 Å². The molecule has 1 nitrogen and oxygen atoms in total.